The van der Waals surface area contributed by atoms with Crippen molar-refractivity contribution in [1.29, 1.82) is 0 Å². The number of ether oxygens (including phenoxy) is 2. The third-order valence-electron chi connectivity index (χ3n) is 5.12. The molecule has 2 aromatic carbocycles. The summed E-state index contributed by atoms with van der Waals surface area (Å²) < 4.78 is 11.0. The highest BCUT2D eigenvalue weighted by molar-refractivity contribution is 6.08. The van der Waals surface area contributed by atoms with Crippen LogP contribution >= 0.6 is 0 Å². The molecule has 1 aliphatic heterocycles. The molecule has 1 heterocycles. The van der Waals surface area contributed by atoms with Crippen molar-refractivity contribution in [3.05, 3.63) is 71.8 Å². The third kappa shape index (κ3) is 5.93. The topological polar surface area (TPSA) is 111 Å². The van der Waals surface area contributed by atoms with Crippen LogP contribution in [0.2, 0.25) is 0 Å². The van der Waals surface area contributed by atoms with Crippen LogP contribution in [-0.4, -0.2) is 41.7 Å². The van der Waals surface area contributed by atoms with Crippen LogP contribution in [0.5, 0.6) is 0 Å². The van der Waals surface area contributed by atoms with Gasteiger partial charge in [0.1, 0.15) is 12.5 Å². The van der Waals surface area contributed by atoms with Gasteiger partial charge in [-0.2, -0.15) is 0 Å². The van der Waals surface area contributed by atoms with Crippen molar-refractivity contribution in [2.45, 2.75) is 39.1 Å². The zero-order chi connectivity index (χ0) is 23.1. The van der Waals surface area contributed by atoms with Crippen LogP contribution in [0.15, 0.2) is 60.7 Å². The Labute approximate surface area is 187 Å². The maximum atomic E-state index is 13.3. The lowest BCUT2D eigenvalue weighted by Crippen LogP contribution is -2.69. The van der Waals surface area contributed by atoms with E-state index >= 15 is 0 Å². The zero-order valence-corrected chi connectivity index (χ0v) is 18.3. The number of amides is 2. The number of rotatable bonds is 10. The summed E-state index contributed by atoms with van der Waals surface area (Å²) in [6, 6.07) is 17.5. The first-order valence-electron chi connectivity index (χ1n) is 10.6. The number of nitrogens with two attached hydrogens (primary N) is 1. The van der Waals surface area contributed by atoms with Crippen molar-refractivity contribution in [1.82, 2.24) is 10.3 Å². The lowest BCUT2D eigenvalue weighted by molar-refractivity contribution is -0.198. The first-order chi connectivity index (χ1) is 15.4. The van der Waals surface area contributed by atoms with Gasteiger partial charge in [0.2, 0.25) is 0 Å². The maximum Gasteiger partial charge on any atom is 0.408 e. The Morgan fingerprint density at radius 3 is 2.22 bits per heavy atom. The largest absolute Gasteiger partial charge is 0.445 e. The molecule has 0 unspecified atom stereocenters. The molecule has 0 saturated carbocycles. The van der Waals surface area contributed by atoms with Crippen molar-refractivity contribution in [2.75, 3.05) is 6.61 Å². The zero-order valence-electron chi connectivity index (χ0n) is 18.3. The Bertz CT molecular complexity index is 920. The molecule has 170 valence electrons. The number of carbonyl (C=O) groups excluding carboxylic acids is 3. The SMILES string of the molecule is CC(C)CO[C@H]1[C@@H](C(=O)[C@H](Cc2ccccc2)NC(=O)OCc2ccccc2)C(=O)N1N. The van der Waals surface area contributed by atoms with Crippen LogP contribution in [0, 0.1) is 11.8 Å². The van der Waals surface area contributed by atoms with E-state index in [4.69, 9.17) is 15.3 Å². The van der Waals surface area contributed by atoms with Crippen molar-refractivity contribution >= 4 is 17.8 Å². The van der Waals surface area contributed by atoms with E-state index in [1.807, 2.05) is 74.5 Å². The van der Waals surface area contributed by atoms with Gasteiger partial charge in [0, 0.05) is 0 Å². The fourth-order valence-electron chi connectivity index (χ4n) is 3.41. The molecule has 2 amide bonds. The van der Waals surface area contributed by atoms with Gasteiger partial charge in [-0.05, 0) is 23.5 Å². The molecule has 3 rings (SSSR count). The van der Waals surface area contributed by atoms with Crippen LogP contribution < -0.4 is 11.2 Å². The second-order valence-electron chi connectivity index (χ2n) is 8.19. The minimum absolute atomic E-state index is 0.0674. The monoisotopic (exact) mass is 439 g/mol. The van der Waals surface area contributed by atoms with Gasteiger partial charge in [-0.3, -0.25) is 14.6 Å². The minimum Gasteiger partial charge on any atom is -0.445 e. The predicted molar refractivity (Wildman–Crippen MR) is 118 cm³/mol. The smallest absolute Gasteiger partial charge is 0.408 e. The van der Waals surface area contributed by atoms with Gasteiger partial charge in [-0.1, -0.05) is 74.5 Å². The molecule has 0 radical (unpaired) electrons. The molecule has 1 saturated heterocycles. The molecule has 8 heteroatoms. The Balaban J connectivity index is 1.70. The summed E-state index contributed by atoms with van der Waals surface area (Å²) in [6.07, 6.45) is -1.37. The second-order valence-corrected chi connectivity index (χ2v) is 8.19. The Morgan fingerprint density at radius 1 is 1.03 bits per heavy atom. The van der Waals surface area contributed by atoms with Crippen molar-refractivity contribution in [2.24, 2.45) is 17.7 Å². The Hall–Kier alpha value is -3.23. The number of hydrogen-bond acceptors (Lipinski definition) is 6. The summed E-state index contributed by atoms with van der Waals surface area (Å²) in [4.78, 5) is 38.1. The number of hydrazine groups is 1. The van der Waals surface area contributed by atoms with Crippen molar-refractivity contribution in [3.63, 3.8) is 0 Å². The second kappa shape index (κ2) is 10.9. The van der Waals surface area contributed by atoms with Gasteiger partial charge in [0.05, 0.1) is 12.6 Å². The average molecular weight is 440 g/mol. The first-order valence-corrected chi connectivity index (χ1v) is 10.6. The summed E-state index contributed by atoms with van der Waals surface area (Å²) in [6.45, 7) is 4.34. The van der Waals surface area contributed by atoms with Gasteiger partial charge < -0.3 is 14.8 Å². The van der Waals surface area contributed by atoms with E-state index in [-0.39, 0.29) is 18.9 Å². The van der Waals surface area contributed by atoms with E-state index in [2.05, 4.69) is 5.32 Å². The Morgan fingerprint density at radius 2 is 1.62 bits per heavy atom. The fourth-order valence-corrected chi connectivity index (χ4v) is 3.41. The molecule has 2 aromatic rings. The summed E-state index contributed by atoms with van der Waals surface area (Å²) in [5.74, 6) is 3.90. The molecule has 0 bridgehead atoms. The number of nitrogens with one attached hydrogen (secondary N) is 1. The van der Waals surface area contributed by atoms with Gasteiger partial charge in [0.25, 0.3) is 5.91 Å². The lowest BCUT2D eigenvalue weighted by atomic mass is 9.86. The number of hydrogen-bond donors (Lipinski definition) is 2. The quantitative estimate of drug-likeness (QED) is 0.255. The molecule has 0 aromatic heterocycles. The third-order valence-corrected chi connectivity index (χ3v) is 5.12. The number of nitrogens with zero attached hydrogens (tertiary/aromatic N) is 1. The van der Waals surface area contributed by atoms with E-state index < -0.39 is 36.0 Å². The predicted octanol–water partition coefficient (Wildman–Crippen LogP) is 2.42. The van der Waals surface area contributed by atoms with Crippen LogP contribution in [0.1, 0.15) is 25.0 Å². The molecule has 1 fully saturated rings. The number of benzene rings is 2. The van der Waals surface area contributed by atoms with E-state index in [1.54, 1.807) is 0 Å². The fraction of sp³-hybridized carbons (Fsp3) is 0.375. The Kier molecular flexibility index (Phi) is 7.97. The summed E-state index contributed by atoms with van der Waals surface area (Å²) in [5.41, 5.74) is 1.66. The normalized spacial score (nSPS) is 18.8. The van der Waals surface area contributed by atoms with Crippen LogP contribution in [0.4, 0.5) is 4.79 Å². The molecule has 0 aliphatic carbocycles. The molecular weight excluding hydrogens is 410 g/mol. The van der Waals surface area contributed by atoms with E-state index in [9.17, 15) is 14.4 Å². The van der Waals surface area contributed by atoms with Gasteiger partial charge in [-0.15, -0.1) is 0 Å². The molecule has 8 nitrogen and oxygen atoms in total. The highest BCUT2D eigenvalue weighted by Crippen LogP contribution is 2.27. The van der Waals surface area contributed by atoms with Gasteiger partial charge in [-0.25, -0.2) is 10.6 Å². The summed E-state index contributed by atoms with van der Waals surface area (Å²) in [7, 11) is 0. The number of Topliss-reactive ketones (excluding diaryl/α,β-unsaturated/α-hetero) is 1. The first kappa shape index (κ1) is 23.4. The lowest BCUT2D eigenvalue weighted by Gasteiger charge is -2.43. The summed E-state index contributed by atoms with van der Waals surface area (Å²) in [5, 5.41) is 3.56. The molecule has 3 N–H and O–H groups in total. The minimum atomic E-state index is -1.07. The number of alkyl carbamates (subject to hydrolysis) is 1. The van der Waals surface area contributed by atoms with Crippen molar-refractivity contribution < 1.29 is 23.9 Å². The number of ketones is 1. The van der Waals surface area contributed by atoms with E-state index in [1.165, 1.54) is 0 Å². The molecule has 0 spiro atoms. The van der Waals surface area contributed by atoms with Crippen LogP contribution in [-0.2, 0) is 32.1 Å². The van der Waals surface area contributed by atoms with E-state index in [0.717, 1.165) is 16.1 Å². The molecule has 3 atom stereocenters. The molecule has 1 aliphatic rings. The highest BCUT2D eigenvalue weighted by atomic mass is 16.5. The highest BCUT2D eigenvalue weighted by Gasteiger charge is 2.53. The number of β-lactam (4-membered cyclic amide) rings is 1. The molecule has 32 heavy (non-hydrogen) atoms. The van der Waals surface area contributed by atoms with Gasteiger partial charge >= 0.3 is 6.09 Å². The molecular formula is C24H29N3O5. The summed E-state index contributed by atoms with van der Waals surface area (Å²) >= 11 is 0. The van der Waals surface area contributed by atoms with Gasteiger partial charge in [0.15, 0.2) is 12.0 Å². The van der Waals surface area contributed by atoms with Crippen molar-refractivity contribution in [3.8, 4) is 0 Å². The standard InChI is InChI=1S/C24H29N3O5/c1-16(2)14-31-23-20(22(29)27(23)25)21(28)19(13-17-9-5-3-6-10-17)26-24(30)32-15-18-11-7-4-8-12-18/h3-12,16,19-20,23H,13-15,25H2,1-2H3,(H,26,30)/t19-,20-,23-/m0/s1. The van der Waals surface area contributed by atoms with E-state index in [0.29, 0.717) is 6.61 Å². The maximum absolute atomic E-state index is 13.3. The average Bonchev–Trinajstić information content (AvgIpc) is 2.80. The van der Waals surface area contributed by atoms with Crippen LogP contribution in [0.3, 0.4) is 0 Å². The number of carbonyl (C=O) groups is 3. The van der Waals surface area contributed by atoms with Crippen LogP contribution in [0.25, 0.3) is 0 Å².